The van der Waals surface area contributed by atoms with E-state index < -0.39 is 0 Å². The van der Waals surface area contributed by atoms with Gasteiger partial charge in [0.25, 0.3) is 0 Å². The Morgan fingerprint density at radius 2 is 2.04 bits per heavy atom. The third kappa shape index (κ3) is 6.97. The fourth-order valence-electron chi connectivity index (χ4n) is 2.74. The molecule has 1 saturated heterocycles. The molecule has 1 aliphatic rings. The van der Waals surface area contributed by atoms with Crippen LogP contribution in [-0.2, 0) is 9.53 Å². The number of anilines is 1. The summed E-state index contributed by atoms with van der Waals surface area (Å²) in [6.07, 6.45) is 0.842. The van der Waals surface area contributed by atoms with Gasteiger partial charge in [-0.3, -0.25) is 9.69 Å². The Balaban J connectivity index is 1.68. The molecule has 0 saturated carbocycles. The summed E-state index contributed by atoms with van der Waals surface area (Å²) in [5.74, 6) is 0.0741. The van der Waals surface area contributed by atoms with Gasteiger partial charge in [0.05, 0.1) is 6.54 Å². The van der Waals surface area contributed by atoms with Crippen LogP contribution >= 0.6 is 12.2 Å². The minimum absolute atomic E-state index is 0.0741. The van der Waals surface area contributed by atoms with Gasteiger partial charge in [0, 0.05) is 52.1 Å². The summed E-state index contributed by atoms with van der Waals surface area (Å²) in [6.45, 7) is 7.17. The zero-order valence-electron chi connectivity index (χ0n) is 15.1. The number of nitrogens with zero attached hydrogens (tertiary/aromatic N) is 2. The molecular weight excluding hydrogens is 336 g/mol. The van der Waals surface area contributed by atoms with Gasteiger partial charge in [-0.2, -0.15) is 0 Å². The van der Waals surface area contributed by atoms with Crippen LogP contribution in [0.1, 0.15) is 12.0 Å². The number of nitrogens with one attached hydrogen (secondary N) is 2. The molecule has 0 aromatic heterocycles. The number of aryl methyl sites for hydroxylation is 1. The third-order valence-corrected chi connectivity index (χ3v) is 4.50. The van der Waals surface area contributed by atoms with Crippen molar-refractivity contribution in [3.63, 3.8) is 0 Å². The van der Waals surface area contributed by atoms with Crippen LogP contribution in [0.3, 0.4) is 0 Å². The van der Waals surface area contributed by atoms with Crippen molar-refractivity contribution in [2.24, 2.45) is 0 Å². The van der Waals surface area contributed by atoms with E-state index >= 15 is 0 Å². The van der Waals surface area contributed by atoms with E-state index in [1.54, 1.807) is 7.11 Å². The quantitative estimate of drug-likeness (QED) is 0.564. The van der Waals surface area contributed by atoms with Gasteiger partial charge in [-0.15, -0.1) is 0 Å². The molecule has 7 heteroatoms. The lowest BCUT2D eigenvalue weighted by molar-refractivity contribution is -0.122. The molecule has 0 unspecified atom stereocenters. The lowest BCUT2D eigenvalue weighted by Gasteiger charge is -2.35. The number of benzene rings is 1. The molecule has 0 spiro atoms. The van der Waals surface area contributed by atoms with Crippen molar-refractivity contribution in [2.45, 2.75) is 13.3 Å². The molecule has 1 aliphatic heterocycles. The van der Waals surface area contributed by atoms with Crippen LogP contribution in [0, 0.1) is 6.92 Å². The molecule has 0 aliphatic carbocycles. The standard InChI is InChI=1S/C18H28N4O2S/c1-15-5-3-6-16(13-15)20-18(25)22-10-8-21(9-11-22)14-17(23)19-7-4-12-24-2/h3,5-6,13H,4,7-12,14H2,1-2H3,(H,19,23)(H,20,25). The largest absolute Gasteiger partial charge is 0.385 e. The lowest BCUT2D eigenvalue weighted by atomic mass is 10.2. The number of hydrogen-bond acceptors (Lipinski definition) is 4. The van der Waals surface area contributed by atoms with Crippen molar-refractivity contribution >= 4 is 28.9 Å². The first-order valence-electron chi connectivity index (χ1n) is 8.69. The van der Waals surface area contributed by atoms with Gasteiger partial charge in [-0.1, -0.05) is 12.1 Å². The monoisotopic (exact) mass is 364 g/mol. The summed E-state index contributed by atoms with van der Waals surface area (Å²) in [6, 6.07) is 8.18. The molecule has 2 rings (SSSR count). The van der Waals surface area contributed by atoms with Crippen molar-refractivity contribution in [1.29, 1.82) is 0 Å². The Labute approximate surface area is 155 Å². The molecule has 138 valence electrons. The minimum atomic E-state index is 0.0741. The van der Waals surface area contributed by atoms with Crippen LogP contribution in [0.4, 0.5) is 5.69 Å². The summed E-state index contributed by atoms with van der Waals surface area (Å²) >= 11 is 5.51. The predicted octanol–water partition coefficient (Wildman–Crippen LogP) is 1.46. The second kappa shape index (κ2) is 10.3. The topological polar surface area (TPSA) is 56.8 Å². The number of amides is 1. The molecule has 1 heterocycles. The van der Waals surface area contributed by atoms with E-state index in [-0.39, 0.29) is 5.91 Å². The van der Waals surface area contributed by atoms with Gasteiger partial charge < -0.3 is 20.3 Å². The van der Waals surface area contributed by atoms with Crippen molar-refractivity contribution in [2.75, 3.05) is 58.3 Å². The number of hydrogen-bond donors (Lipinski definition) is 2. The van der Waals surface area contributed by atoms with Crippen molar-refractivity contribution in [3.8, 4) is 0 Å². The highest BCUT2D eigenvalue weighted by Crippen LogP contribution is 2.11. The number of thiocarbonyl (C=S) groups is 1. The van der Waals surface area contributed by atoms with Gasteiger partial charge in [-0.25, -0.2) is 0 Å². The number of carbonyl (C=O) groups is 1. The average Bonchev–Trinajstić information content (AvgIpc) is 2.59. The highest BCUT2D eigenvalue weighted by Gasteiger charge is 2.20. The number of methoxy groups -OCH3 is 1. The molecular formula is C18H28N4O2S. The van der Waals surface area contributed by atoms with E-state index in [0.29, 0.717) is 19.7 Å². The molecule has 0 atom stereocenters. The van der Waals surface area contributed by atoms with Crippen LogP contribution in [-0.4, -0.2) is 73.8 Å². The number of piperazine rings is 1. The SMILES string of the molecule is COCCCNC(=O)CN1CCN(C(=S)Nc2cccc(C)c2)CC1. The maximum Gasteiger partial charge on any atom is 0.234 e. The summed E-state index contributed by atoms with van der Waals surface area (Å²) in [5.41, 5.74) is 2.22. The number of ether oxygens (including phenoxy) is 1. The summed E-state index contributed by atoms with van der Waals surface area (Å²) < 4.78 is 4.97. The summed E-state index contributed by atoms with van der Waals surface area (Å²) in [7, 11) is 1.67. The van der Waals surface area contributed by atoms with E-state index in [2.05, 4.69) is 39.5 Å². The normalized spacial score (nSPS) is 15.0. The fraction of sp³-hybridized carbons (Fsp3) is 0.556. The van der Waals surface area contributed by atoms with Crippen LogP contribution < -0.4 is 10.6 Å². The molecule has 1 aromatic carbocycles. The van der Waals surface area contributed by atoms with Crippen molar-refractivity contribution in [3.05, 3.63) is 29.8 Å². The van der Waals surface area contributed by atoms with E-state index in [1.807, 2.05) is 12.1 Å². The lowest BCUT2D eigenvalue weighted by Crippen LogP contribution is -2.52. The van der Waals surface area contributed by atoms with Crippen LogP contribution in [0.5, 0.6) is 0 Å². The molecule has 1 aromatic rings. The van der Waals surface area contributed by atoms with Crippen LogP contribution in [0.15, 0.2) is 24.3 Å². The summed E-state index contributed by atoms with van der Waals surface area (Å²) in [5, 5.41) is 6.96. The smallest absolute Gasteiger partial charge is 0.234 e. The fourth-order valence-corrected chi connectivity index (χ4v) is 3.04. The maximum atomic E-state index is 11.9. The Bertz CT molecular complexity index is 574. The number of carbonyl (C=O) groups excluding carboxylic acids is 1. The molecule has 6 nitrogen and oxygen atoms in total. The predicted molar refractivity (Wildman–Crippen MR) is 105 cm³/mol. The van der Waals surface area contributed by atoms with Gasteiger partial charge in [0.2, 0.25) is 5.91 Å². The summed E-state index contributed by atoms with van der Waals surface area (Å²) in [4.78, 5) is 16.2. The third-order valence-electron chi connectivity index (χ3n) is 4.14. The van der Waals surface area contributed by atoms with Crippen LogP contribution in [0.25, 0.3) is 0 Å². The first-order chi connectivity index (χ1) is 12.1. The zero-order valence-corrected chi connectivity index (χ0v) is 15.9. The van der Waals surface area contributed by atoms with Crippen LogP contribution in [0.2, 0.25) is 0 Å². The Morgan fingerprint density at radius 1 is 1.28 bits per heavy atom. The van der Waals surface area contributed by atoms with E-state index in [4.69, 9.17) is 17.0 Å². The molecule has 25 heavy (non-hydrogen) atoms. The Hall–Kier alpha value is -1.70. The second-order valence-corrected chi connectivity index (χ2v) is 6.65. The van der Waals surface area contributed by atoms with E-state index in [1.165, 1.54) is 5.56 Å². The molecule has 0 bridgehead atoms. The Morgan fingerprint density at radius 3 is 2.72 bits per heavy atom. The van der Waals surface area contributed by atoms with Gasteiger partial charge >= 0.3 is 0 Å². The molecule has 2 N–H and O–H groups in total. The molecule has 1 amide bonds. The maximum absolute atomic E-state index is 11.9. The van der Waals surface area contributed by atoms with Gasteiger partial charge in [-0.05, 0) is 43.3 Å². The van der Waals surface area contributed by atoms with Crippen molar-refractivity contribution < 1.29 is 9.53 Å². The highest BCUT2D eigenvalue weighted by atomic mass is 32.1. The minimum Gasteiger partial charge on any atom is -0.385 e. The van der Waals surface area contributed by atoms with Gasteiger partial charge in [0.1, 0.15) is 0 Å². The van der Waals surface area contributed by atoms with Gasteiger partial charge in [0.15, 0.2) is 5.11 Å². The van der Waals surface area contributed by atoms with E-state index in [9.17, 15) is 4.79 Å². The van der Waals surface area contributed by atoms with E-state index in [0.717, 1.165) is 43.4 Å². The number of rotatable bonds is 7. The van der Waals surface area contributed by atoms with Crippen molar-refractivity contribution in [1.82, 2.24) is 15.1 Å². The zero-order chi connectivity index (χ0) is 18.1. The Kier molecular flexibility index (Phi) is 8.11. The highest BCUT2D eigenvalue weighted by molar-refractivity contribution is 7.80. The first kappa shape index (κ1) is 19.6. The second-order valence-electron chi connectivity index (χ2n) is 6.26. The first-order valence-corrected chi connectivity index (χ1v) is 9.10. The molecule has 1 fully saturated rings. The molecule has 0 radical (unpaired) electrons. The average molecular weight is 365 g/mol.